The topological polar surface area (TPSA) is 64.4 Å². The number of nitro groups is 1. The van der Waals surface area contributed by atoms with Crippen LogP contribution >= 0.6 is 0 Å². The zero-order chi connectivity index (χ0) is 12.3. The van der Waals surface area contributed by atoms with Crippen LogP contribution in [0.4, 0.5) is 5.69 Å². The van der Waals surface area contributed by atoms with E-state index in [1.165, 1.54) is 18.9 Å². The molecule has 1 aliphatic carbocycles. The van der Waals surface area contributed by atoms with Crippen LogP contribution in [0.2, 0.25) is 0 Å². The van der Waals surface area contributed by atoms with Crippen LogP contribution in [0.1, 0.15) is 18.4 Å². The SMILES string of the molecule is COc1ccc([N+](=O)[O-])cc1CCNC1CC1. The molecule has 2 rings (SSSR count). The van der Waals surface area contributed by atoms with Gasteiger partial charge in [0.2, 0.25) is 0 Å². The lowest BCUT2D eigenvalue weighted by molar-refractivity contribution is -0.384. The molecule has 1 fully saturated rings. The Bertz CT molecular complexity index is 416. The molecule has 1 aromatic carbocycles. The highest BCUT2D eigenvalue weighted by atomic mass is 16.6. The van der Waals surface area contributed by atoms with E-state index in [9.17, 15) is 10.1 Å². The molecule has 0 radical (unpaired) electrons. The Labute approximate surface area is 99.9 Å². The van der Waals surface area contributed by atoms with E-state index in [1.54, 1.807) is 19.2 Å². The molecule has 0 aromatic heterocycles. The van der Waals surface area contributed by atoms with Gasteiger partial charge in [0, 0.05) is 23.7 Å². The van der Waals surface area contributed by atoms with Crippen molar-refractivity contribution in [1.29, 1.82) is 0 Å². The summed E-state index contributed by atoms with van der Waals surface area (Å²) in [6, 6.07) is 5.37. The summed E-state index contributed by atoms with van der Waals surface area (Å²) in [6.45, 7) is 0.836. The lowest BCUT2D eigenvalue weighted by Gasteiger charge is -2.08. The summed E-state index contributed by atoms with van der Waals surface area (Å²) in [5.74, 6) is 0.716. The van der Waals surface area contributed by atoms with Gasteiger partial charge in [-0.25, -0.2) is 0 Å². The van der Waals surface area contributed by atoms with Crippen molar-refractivity contribution < 1.29 is 9.66 Å². The highest BCUT2D eigenvalue weighted by Crippen LogP contribution is 2.24. The maximum Gasteiger partial charge on any atom is 0.269 e. The standard InChI is InChI=1S/C12H16N2O3/c1-17-12-5-4-11(14(15)16)8-9(12)6-7-13-10-2-3-10/h4-5,8,10,13H,2-3,6-7H2,1H3. The normalized spacial score (nSPS) is 14.6. The number of ether oxygens (including phenoxy) is 1. The zero-order valence-corrected chi connectivity index (χ0v) is 9.81. The second kappa shape index (κ2) is 5.14. The Hall–Kier alpha value is -1.62. The molecule has 0 heterocycles. The van der Waals surface area contributed by atoms with E-state index in [2.05, 4.69) is 5.32 Å². The number of nitrogens with one attached hydrogen (secondary N) is 1. The van der Waals surface area contributed by atoms with Gasteiger partial charge in [0.15, 0.2) is 0 Å². The van der Waals surface area contributed by atoms with Crippen molar-refractivity contribution in [2.45, 2.75) is 25.3 Å². The summed E-state index contributed by atoms with van der Waals surface area (Å²) < 4.78 is 5.20. The number of hydrogen-bond donors (Lipinski definition) is 1. The fourth-order valence-corrected chi connectivity index (χ4v) is 1.77. The van der Waals surface area contributed by atoms with Gasteiger partial charge in [0.05, 0.1) is 12.0 Å². The number of nitro benzene ring substituents is 1. The molecule has 0 bridgehead atoms. The molecule has 0 aliphatic heterocycles. The number of benzene rings is 1. The predicted molar refractivity (Wildman–Crippen MR) is 64.4 cm³/mol. The first kappa shape index (κ1) is 11.9. The number of rotatable bonds is 6. The van der Waals surface area contributed by atoms with Crippen LogP contribution in [-0.2, 0) is 6.42 Å². The molecule has 0 unspecified atom stereocenters. The van der Waals surface area contributed by atoms with Crippen LogP contribution in [0.15, 0.2) is 18.2 Å². The summed E-state index contributed by atoms with van der Waals surface area (Å²) in [4.78, 5) is 10.3. The lowest BCUT2D eigenvalue weighted by Crippen LogP contribution is -2.19. The molecule has 1 aliphatic rings. The minimum atomic E-state index is -0.378. The first-order valence-corrected chi connectivity index (χ1v) is 5.75. The van der Waals surface area contributed by atoms with E-state index in [-0.39, 0.29) is 10.6 Å². The number of non-ortho nitro benzene ring substituents is 1. The van der Waals surface area contributed by atoms with Crippen LogP contribution < -0.4 is 10.1 Å². The van der Waals surface area contributed by atoms with E-state index in [4.69, 9.17) is 4.74 Å². The van der Waals surface area contributed by atoms with Gasteiger partial charge >= 0.3 is 0 Å². The van der Waals surface area contributed by atoms with Crippen molar-refractivity contribution in [1.82, 2.24) is 5.32 Å². The first-order chi connectivity index (χ1) is 8.20. The van der Waals surface area contributed by atoms with Gasteiger partial charge in [0.25, 0.3) is 5.69 Å². The molecule has 1 N–H and O–H groups in total. The number of nitrogens with zero attached hydrogens (tertiary/aromatic N) is 1. The minimum Gasteiger partial charge on any atom is -0.496 e. The van der Waals surface area contributed by atoms with Crippen LogP contribution in [-0.4, -0.2) is 24.6 Å². The molecular formula is C12H16N2O3. The summed E-state index contributed by atoms with van der Waals surface area (Å²) in [7, 11) is 1.58. The molecular weight excluding hydrogens is 220 g/mol. The average molecular weight is 236 g/mol. The highest BCUT2D eigenvalue weighted by molar-refractivity contribution is 5.43. The molecule has 0 amide bonds. The monoisotopic (exact) mass is 236 g/mol. The van der Waals surface area contributed by atoms with Crippen molar-refractivity contribution in [2.24, 2.45) is 0 Å². The third-order valence-corrected chi connectivity index (χ3v) is 2.88. The summed E-state index contributed by atoms with van der Waals surface area (Å²) in [5.41, 5.74) is 1.00. The third-order valence-electron chi connectivity index (χ3n) is 2.88. The van der Waals surface area contributed by atoms with Gasteiger partial charge in [-0.3, -0.25) is 10.1 Å². The molecule has 0 atom stereocenters. The van der Waals surface area contributed by atoms with E-state index >= 15 is 0 Å². The molecule has 0 spiro atoms. The zero-order valence-electron chi connectivity index (χ0n) is 9.81. The Morgan fingerprint density at radius 1 is 1.53 bits per heavy atom. The molecule has 5 nitrogen and oxygen atoms in total. The largest absolute Gasteiger partial charge is 0.496 e. The minimum absolute atomic E-state index is 0.118. The van der Waals surface area contributed by atoms with Gasteiger partial charge in [-0.05, 0) is 31.9 Å². The number of methoxy groups -OCH3 is 1. The smallest absolute Gasteiger partial charge is 0.269 e. The van der Waals surface area contributed by atoms with Gasteiger partial charge < -0.3 is 10.1 Å². The van der Waals surface area contributed by atoms with E-state index in [0.717, 1.165) is 18.5 Å². The molecule has 17 heavy (non-hydrogen) atoms. The maximum absolute atomic E-state index is 10.7. The van der Waals surface area contributed by atoms with Gasteiger partial charge in [0.1, 0.15) is 5.75 Å². The van der Waals surface area contributed by atoms with Crippen molar-refractivity contribution in [3.63, 3.8) is 0 Å². The predicted octanol–water partition coefficient (Wildman–Crippen LogP) is 1.90. The van der Waals surface area contributed by atoms with Crippen LogP contribution in [0.3, 0.4) is 0 Å². The third kappa shape index (κ3) is 3.17. The maximum atomic E-state index is 10.7. The summed E-state index contributed by atoms with van der Waals surface area (Å²) >= 11 is 0. The van der Waals surface area contributed by atoms with Gasteiger partial charge in [-0.1, -0.05) is 0 Å². The summed E-state index contributed by atoms with van der Waals surface area (Å²) in [5, 5.41) is 14.1. The molecule has 0 saturated heterocycles. The molecule has 1 aromatic rings. The summed E-state index contributed by atoms with van der Waals surface area (Å²) in [6.07, 6.45) is 3.24. The average Bonchev–Trinajstić information content (AvgIpc) is 3.13. The quantitative estimate of drug-likeness (QED) is 0.605. The van der Waals surface area contributed by atoms with Gasteiger partial charge in [-0.15, -0.1) is 0 Å². The second-order valence-electron chi connectivity index (χ2n) is 4.23. The van der Waals surface area contributed by atoms with E-state index in [0.29, 0.717) is 11.8 Å². The second-order valence-corrected chi connectivity index (χ2v) is 4.23. The van der Waals surface area contributed by atoms with Crippen LogP contribution in [0.25, 0.3) is 0 Å². The Morgan fingerprint density at radius 3 is 2.88 bits per heavy atom. The molecule has 5 heteroatoms. The Morgan fingerprint density at radius 2 is 2.29 bits per heavy atom. The Balaban J connectivity index is 2.04. The molecule has 1 saturated carbocycles. The van der Waals surface area contributed by atoms with Crippen LogP contribution in [0.5, 0.6) is 5.75 Å². The van der Waals surface area contributed by atoms with Crippen molar-refractivity contribution in [3.8, 4) is 5.75 Å². The first-order valence-electron chi connectivity index (χ1n) is 5.75. The Kier molecular flexibility index (Phi) is 3.58. The van der Waals surface area contributed by atoms with Crippen molar-refractivity contribution in [2.75, 3.05) is 13.7 Å². The van der Waals surface area contributed by atoms with Crippen molar-refractivity contribution >= 4 is 5.69 Å². The van der Waals surface area contributed by atoms with E-state index < -0.39 is 0 Å². The lowest BCUT2D eigenvalue weighted by atomic mass is 10.1. The highest BCUT2D eigenvalue weighted by Gasteiger charge is 2.20. The fourth-order valence-electron chi connectivity index (χ4n) is 1.77. The van der Waals surface area contributed by atoms with E-state index in [1.807, 2.05) is 0 Å². The van der Waals surface area contributed by atoms with Crippen LogP contribution in [0, 0.1) is 10.1 Å². The number of hydrogen-bond acceptors (Lipinski definition) is 4. The fraction of sp³-hybridized carbons (Fsp3) is 0.500. The van der Waals surface area contributed by atoms with Gasteiger partial charge in [-0.2, -0.15) is 0 Å². The molecule has 92 valence electrons. The van der Waals surface area contributed by atoms with Crippen molar-refractivity contribution in [3.05, 3.63) is 33.9 Å².